The number of hydrogen-bond acceptors (Lipinski definition) is 3. The van der Waals surface area contributed by atoms with Gasteiger partial charge < -0.3 is 4.52 Å². The van der Waals surface area contributed by atoms with E-state index >= 15 is 0 Å². The van der Waals surface area contributed by atoms with Crippen LogP contribution in [-0.4, -0.2) is 10.1 Å². The summed E-state index contributed by atoms with van der Waals surface area (Å²) >= 11 is 11.9. The van der Waals surface area contributed by atoms with Crippen molar-refractivity contribution < 1.29 is 4.52 Å². The predicted molar refractivity (Wildman–Crippen MR) is 61.7 cm³/mol. The molecule has 1 aliphatic rings. The van der Waals surface area contributed by atoms with E-state index in [1.807, 2.05) is 0 Å². The van der Waals surface area contributed by atoms with E-state index in [9.17, 15) is 0 Å². The second-order valence-corrected chi connectivity index (χ2v) is 4.71. The Morgan fingerprint density at radius 2 is 2.06 bits per heavy atom. The number of halogens is 2. The van der Waals surface area contributed by atoms with Gasteiger partial charge in [-0.3, -0.25) is 4.98 Å². The van der Waals surface area contributed by atoms with Crippen LogP contribution in [0.4, 0.5) is 0 Å². The first-order valence-electron chi connectivity index (χ1n) is 5.01. The lowest BCUT2D eigenvalue weighted by Gasteiger charge is -2.02. The van der Waals surface area contributed by atoms with Gasteiger partial charge in [0, 0.05) is 12.1 Å². The fourth-order valence-corrected chi connectivity index (χ4v) is 2.16. The van der Waals surface area contributed by atoms with Crippen molar-refractivity contribution in [2.45, 2.75) is 18.8 Å². The molecule has 1 saturated carbocycles. The van der Waals surface area contributed by atoms with E-state index in [0.29, 0.717) is 21.7 Å². The van der Waals surface area contributed by atoms with Gasteiger partial charge in [0.1, 0.15) is 5.76 Å². The molecule has 0 spiro atoms. The van der Waals surface area contributed by atoms with Crippen molar-refractivity contribution in [3.63, 3.8) is 0 Å². The molecular weight excluding hydrogens is 247 g/mol. The van der Waals surface area contributed by atoms with Crippen LogP contribution in [0.3, 0.4) is 0 Å². The molecule has 3 rings (SSSR count). The molecule has 2 aromatic heterocycles. The van der Waals surface area contributed by atoms with Crippen molar-refractivity contribution in [1.82, 2.24) is 10.1 Å². The third kappa shape index (κ3) is 1.70. The van der Waals surface area contributed by atoms with Gasteiger partial charge in [-0.15, -0.1) is 0 Å². The van der Waals surface area contributed by atoms with Crippen LogP contribution < -0.4 is 0 Å². The molecule has 0 aromatic carbocycles. The molecule has 82 valence electrons. The lowest BCUT2D eigenvalue weighted by Crippen LogP contribution is -1.87. The highest BCUT2D eigenvalue weighted by Gasteiger charge is 2.31. The van der Waals surface area contributed by atoms with E-state index < -0.39 is 0 Å². The van der Waals surface area contributed by atoms with Crippen molar-refractivity contribution in [3.8, 4) is 11.3 Å². The van der Waals surface area contributed by atoms with Crippen molar-refractivity contribution in [3.05, 3.63) is 34.3 Å². The smallest absolute Gasteiger partial charge is 0.149 e. The molecule has 0 amide bonds. The SMILES string of the molecule is Clc1cnc(-c2cnoc2C2CC2)c(Cl)c1. The standard InChI is InChI=1S/C11H8Cl2N2O/c12-7-3-9(13)10(14-4-7)8-5-15-16-11(8)6-1-2-6/h3-6H,1-2H2. The minimum absolute atomic E-state index is 0.478. The Morgan fingerprint density at radius 1 is 1.25 bits per heavy atom. The maximum atomic E-state index is 6.10. The van der Waals surface area contributed by atoms with E-state index in [1.54, 1.807) is 18.5 Å². The molecule has 0 N–H and O–H groups in total. The summed E-state index contributed by atoms with van der Waals surface area (Å²) in [7, 11) is 0. The summed E-state index contributed by atoms with van der Waals surface area (Å²) in [6.07, 6.45) is 5.53. The molecule has 2 aromatic rings. The van der Waals surface area contributed by atoms with Crippen LogP contribution >= 0.6 is 23.2 Å². The van der Waals surface area contributed by atoms with E-state index in [2.05, 4.69) is 10.1 Å². The zero-order valence-corrected chi connectivity index (χ0v) is 9.79. The number of rotatable bonds is 2. The minimum Gasteiger partial charge on any atom is -0.360 e. The molecule has 1 fully saturated rings. The molecule has 0 radical (unpaired) electrons. The third-order valence-corrected chi connectivity index (χ3v) is 3.10. The Labute approximate surface area is 102 Å². The average molecular weight is 255 g/mol. The number of hydrogen-bond donors (Lipinski definition) is 0. The highest BCUT2D eigenvalue weighted by molar-refractivity contribution is 6.36. The van der Waals surface area contributed by atoms with Crippen LogP contribution in [0.25, 0.3) is 11.3 Å². The maximum Gasteiger partial charge on any atom is 0.149 e. The Balaban J connectivity index is 2.10. The zero-order chi connectivity index (χ0) is 11.1. The first kappa shape index (κ1) is 10.1. The fourth-order valence-electron chi connectivity index (χ4n) is 1.68. The largest absolute Gasteiger partial charge is 0.360 e. The second-order valence-electron chi connectivity index (χ2n) is 3.86. The van der Waals surface area contributed by atoms with Crippen LogP contribution in [0.1, 0.15) is 24.5 Å². The van der Waals surface area contributed by atoms with Gasteiger partial charge in [-0.05, 0) is 18.9 Å². The van der Waals surface area contributed by atoms with E-state index in [4.69, 9.17) is 27.7 Å². The molecule has 0 aliphatic heterocycles. The number of nitrogens with zero attached hydrogens (tertiary/aromatic N) is 2. The highest BCUT2D eigenvalue weighted by atomic mass is 35.5. The quantitative estimate of drug-likeness (QED) is 0.816. The van der Waals surface area contributed by atoms with Crippen LogP contribution in [0.5, 0.6) is 0 Å². The summed E-state index contributed by atoms with van der Waals surface area (Å²) in [5, 5.41) is 4.87. The molecule has 5 heteroatoms. The highest BCUT2D eigenvalue weighted by Crippen LogP contribution is 2.45. The summed E-state index contributed by atoms with van der Waals surface area (Å²) in [5.41, 5.74) is 1.57. The monoisotopic (exact) mass is 254 g/mol. The Bertz CT molecular complexity index is 535. The number of pyridine rings is 1. The molecule has 3 nitrogen and oxygen atoms in total. The molecule has 16 heavy (non-hydrogen) atoms. The zero-order valence-electron chi connectivity index (χ0n) is 8.28. The normalized spacial score (nSPS) is 15.4. The van der Waals surface area contributed by atoms with E-state index in [1.165, 1.54) is 0 Å². The van der Waals surface area contributed by atoms with Gasteiger partial charge in [0.05, 0.1) is 27.5 Å². The Kier molecular flexibility index (Phi) is 2.37. The van der Waals surface area contributed by atoms with Gasteiger partial charge in [-0.25, -0.2) is 0 Å². The second kappa shape index (κ2) is 3.75. The van der Waals surface area contributed by atoms with Crippen molar-refractivity contribution in [2.24, 2.45) is 0 Å². The molecule has 2 heterocycles. The fraction of sp³-hybridized carbons (Fsp3) is 0.273. The Morgan fingerprint density at radius 3 is 2.75 bits per heavy atom. The topological polar surface area (TPSA) is 38.9 Å². The van der Waals surface area contributed by atoms with Crippen molar-refractivity contribution in [2.75, 3.05) is 0 Å². The van der Waals surface area contributed by atoms with Crippen LogP contribution in [0.15, 0.2) is 23.0 Å². The van der Waals surface area contributed by atoms with Gasteiger partial charge in [0.25, 0.3) is 0 Å². The summed E-state index contributed by atoms with van der Waals surface area (Å²) in [6.45, 7) is 0. The molecule has 0 bridgehead atoms. The van der Waals surface area contributed by atoms with Gasteiger partial charge in [-0.1, -0.05) is 28.4 Å². The molecule has 0 atom stereocenters. The summed E-state index contributed by atoms with van der Waals surface area (Å²) in [4.78, 5) is 4.23. The van der Waals surface area contributed by atoms with Gasteiger partial charge in [-0.2, -0.15) is 0 Å². The Hall–Kier alpha value is -1.06. The number of aromatic nitrogens is 2. The average Bonchev–Trinajstić information content (AvgIpc) is 2.98. The first-order chi connectivity index (χ1) is 7.75. The van der Waals surface area contributed by atoms with Crippen molar-refractivity contribution in [1.29, 1.82) is 0 Å². The summed E-state index contributed by atoms with van der Waals surface area (Å²) < 4.78 is 5.25. The minimum atomic E-state index is 0.478. The first-order valence-corrected chi connectivity index (χ1v) is 5.77. The molecular formula is C11H8Cl2N2O. The van der Waals surface area contributed by atoms with Crippen molar-refractivity contribution >= 4 is 23.2 Å². The lowest BCUT2D eigenvalue weighted by atomic mass is 10.1. The molecule has 0 unspecified atom stereocenters. The lowest BCUT2D eigenvalue weighted by molar-refractivity contribution is 0.385. The van der Waals surface area contributed by atoms with Crippen LogP contribution in [0, 0.1) is 0 Å². The van der Waals surface area contributed by atoms with Crippen LogP contribution in [-0.2, 0) is 0 Å². The van der Waals surface area contributed by atoms with E-state index in [-0.39, 0.29) is 0 Å². The van der Waals surface area contributed by atoms with Gasteiger partial charge >= 0.3 is 0 Å². The van der Waals surface area contributed by atoms with Gasteiger partial charge in [0.2, 0.25) is 0 Å². The maximum absolute atomic E-state index is 6.10. The van der Waals surface area contributed by atoms with Crippen LogP contribution in [0.2, 0.25) is 10.0 Å². The molecule has 1 aliphatic carbocycles. The van der Waals surface area contributed by atoms with Gasteiger partial charge in [0.15, 0.2) is 0 Å². The predicted octanol–water partition coefficient (Wildman–Crippen LogP) is 3.92. The molecule has 0 saturated heterocycles. The third-order valence-electron chi connectivity index (χ3n) is 2.61. The summed E-state index contributed by atoms with van der Waals surface area (Å²) in [6, 6.07) is 1.68. The summed E-state index contributed by atoms with van der Waals surface area (Å²) in [5.74, 6) is 1.36. The van der Waals surface area contributed by atoms with E-state index in [0.717, 1.165) is 24.2 Å².